The third kappa shape index (κ3) is 3.52. The van der Waals surface area contributed by atoms with Gasteiger partial charge < -0.3 is 10.2 Å². The zero-order valence-corrected chi connectivity index (χ0v) is 22.4. The molecule has 2 nitrogen and oxygen atoms in total. The molecular formula is C32H22Br2O2. The van der Waals surface area contributed by atoms with Crippen LogP contribution in [0.4, 0.5) is 0 Å². The molecule has 2 atom stereocenters. The standard InChI is InChI=1S/C32H22Br2O2/c33-25-12-6-10-23(19-25)31(35)27-14-4-5-15-28(27)32(36,24-11-7-13-26(34)20-24)30-18-22(16-17-29(30)31)21-8-2-1-3-9-21/h1-20,35-36H. The highest BCUT2D eigenvalue weighted by atomic mass is 79.9. The lowest BCUT2D eigenvalue weighted by Gasteiger charge is -2.45. The molecule has 5 aromatic rings. The number of aliphatic hydroxyl groups is 2. The second-order valence-corrected chi connectivity index (χ2v) is 10.9. The highest BCUT2D eigenvalue weighted by Crippen LogP contribution is 2.54. The Kier molecular flexibility index (Phi) is 5.73. The molecule has 0 radical (unpaired) electrons. The van der Waals surface area contributed by atoms with Crippen molar-refractivity contribution < 1.29 is 10.2 Å². The van der Waals surface area contributed by atoms with E-state index < -0.39 is 11.2 Å². The molecule has 0 aliphatic heterocycles. The SMILES string of the molecule is OC1(c2cccc(Br)c2)c2ccccc2C(O)(c2cccc(Br)c2)c2cc(-c3ccccc3)ccc21. The van der Waals surface area contributed by atoms with Crippen LogP contribution in [-0.4, -0.2) is 10.2 Å². The van der Waals surface area contributed by atoms with Gasteiger partial charge in [-0.3, -0.25) is 0 Å². The van der Waals surface area contributed by atoms with Crippen molar-refractivity contribution in [1.29, 1.82) is 0 Å². The van der Waals surface area contributed by atoms with Gasteiger partial charge in [0.05, 0.1) is 0 Å². The van der Waals surface area contributed by atoms with Crippen LogP contribution < -0.4 is 0 Å². The third-order valence-electron chi connectivity index (χ3n) is 7.10. The van der Waals surface area contributed by atoms with E-state index in [4.69, 9.17) is 0 Å². The molecule has 4 heteroatoms. The van der Waals surface area contributed by atoms with Gasteiger partial charge in [-0.05, 0) is 74.8 Å². The van der Waals surface area contributed by atoms with E-state index in [-0.39, 0.29) is 0 Å². The Bertz CT molecular complexity index is 1600. The van der Waals surface area contributed by atoms with E-state index in [9.17, 15) is 10.2 Å². The molecule has 6 rings (SSSR count). The Hall–Kier alpha value is -3.02. The van der Waals surface area contributed by atoms with E-state index in [1.54, 1.807) is 0 Å². The summed E-state index contributed by atoms with van der Waals surface area (Å²) in [7, 11) is 0. The van der Waals surface area contributed by atoms with Crippen molar-refractivity contribution in [3.8, 4) is 11.1 Å². The average molecular weight is 598 g/mol. The van der Waals surface area contributed by atoms with E-state index in [1.807, 2.05) is 109 Å². The van der Waals surface area contributed by atoms with Crippen LogP contribution in [0, 0.1) is 0 Å². The smallest absolute Gasteiger partial charge is 0.141 e. The van der Waals surface area contributed by atoms with E-state index >= 15 is 0 Å². The van der Waals surface area contributed by atoms with Crippen LogP contribution in [0.5, 0.6) is 0 Å². The molecule has 0 saturated carbocycles. The van der Waals surface area contributed by atoms with Gasteiger partial charge in [-0.1, -0.05) is 123 Å². The van der Waals surface area contributed by atoms with Crippen LogP contribution >= 0.6 is 31.9 Å². The fourth-order valence-electron chi connectivity index (χ4n) is 5.42. The zero-order valence-electron chi connectivity index (χ0n) is 19.2. The lowest BCUT2D eigenvalue weighted by molar-refractivity contribution is 0.0748. The Morgan fingerprint density at radius 1 is 0.417 bits per heavy atom. The number of benzene rings is 5. The van der Waals surface area contributed by atoms with Crippen molar-refractivity contribution in [3.05, 3.63) is 164 Å². The molecule has 1 aliphatic carbocycles. The fraction of sp³-hybridized carbons (Fsp3) is 0.0625. The Morgan fingerprint density at radius 3 is 1.47 bits per heavy atom. The summed E-state index contributed by atoms with van der Waals surface area (Å²) in [5.41, 5.74) is 3.17. The van der Waals surface area contributed by atoms with E-state index in [0.717, 1.165) is 31.2 Å². The molecule has 0 heterocycles. The second-order valence-electron chi connectivity index (χ2n) is 9.11. The maximum atomic E-state index is 12.7. The van der Waals surface area contributed by atoms with Crippen molar-refractivity contribution in [3.63, 3.8) is 0 Å². The van der Waals surface area contributed by atoms with E-state index in [1.165, 1.54) is 0 Å². The molecule has 0 aromatic heterocycles. The van der Waals surface area contributed by atoms with Crippen LogP contribution in [-0.2, 0) is 11.2 Å². The third-order valence-corrected chi connectivity index (χ3v) is 8.08. The molecule has 2 unspecified atom stereocenters. The minimum atomic E-state index is -1.47. The van der Waals surface area contributed by atoms with Crippen LogP contribution in [0.25, 0.3) is 11.1 Å². The highest BCUT2D eigenvalue weighted by Gasteiger charge is 2.51. The van der Waals surface area contributed by atoms with Crippen LogP contribution in [0.15, 0.2) is 130 Å². The Balaban J connectivity index is 1.73. The lowest BCUT2D eigenvalue weighted by Crippen LogP contribution is -2.44. The number of halogens is 2. The lowest BCUT2D eigenvalue weighted by atomic mass is 9.63. The van der Waals surface area contributed by atoms with Gasteiger partial charge in [-0.25, -0.2) is 0 Å². The molecule has 1 aliphatic rings. The predicted molar refractivity (Wildman–Crippen MR) is 151 cm³/mol. The maximum Gasteiger partial charge on any atom is 0.141 e. The predicted octanol–water partition coefficient (Wildman–Crippen LogP) is 7.76. The summed E-state index contributed by atoms with van der Waals surface area (Å²) in [5.74, 6) is 0. The summed E-state index contributed by atoms with van der Waals surface area (Å²) in [4.78, 5) is 0. The minimum absolute atomic E-state index is 0.654. The van der Waals surface area contributed by atoms with Crippen molar-refractivity contribution in [2.75, 3.05) is 0 Å². The summed E-state index contributed by atoms with van der Waals surface area (Å²) in [6.07, 6.45) is 0. The van der Waals surface area contributed by atoms with Gasteiger partial charge in [0.15, 0.2) is 0 Å². The van der Waals surface area contributed by atoms with Gasteiger partial charge in [0.25, 0.3) is 0 Å². The molecule has 36 heavy (non-hydrogen) atoms. The summed E-state index contributed by atoms with van der Waals surface area (Å²) in [5, 5.41) is 25.4. The Labute approximate surface area is 227 Å². The summed E-state index contributed by atoms with van der Waals surface area (Å²) in [6.45, 7) is 0. The molecular weight excluding hydrogens is 576 g/mol. The van der Waals surface area contributed by atoms with Crippen LogP contribution in [0.3, 0.4) is 0 Å². The van der Waals surface area contributed by atoms with Crippen molar-refractivity contribution >= 4 is 31.9 Å². The van der Waals surface area contributed by atoms with Gasteiger partial charge in [0.1, 0.15) is 11.2 Å². The zero-order chi connectivity index (χ0) is 24.9. The van der Waals surface area contributed by atoms with E-state index in [2.05, 4.69) is 44.0 Å². The molecule has 0 spiro atoms. The average Bonchev–Trinajstić information content (AvgIpc) is 2.92. The summed E-state index contributed by atoms with van der Waals surface area (Å²) < 4.78 is 1.75. The first-order chi connectivity index (χ1) is 17.4. The van der Waals surface area contributed by atoms with Crippen LogP contribution in [0.1, 0.15) is 33.4 Å². The topological polar surface area (TPSA) is 40.5 Å². The number of hydrogen-bond acceptors (Lipinski definition) is 2. The molecule has 0 saturated heterocycles. The first-order valence-electron chi connectivity index (χ1n) is 11.7. The largest absolute Gasteiger partial charge is 0.376 e. The number of hydrogen-bond donors (Lipinski definition) is 2. The number of rotatable bonds is 3. The van der Waals surface area contributed by atoms with Gasteiger partial charge in [-0.15, -0.1) is 0 Å². The van der Waals surface area contributed by atoms with Crippen molar-refractivity contribution in [2.24, 2.45) is 0 Å². The molecule has 0 fully saturated rings. The highest BCUT2D eigenvalue weighted by molar-refractivity contribution is 9.10. The molecule has 0 amide bonds. The first-order valence-corrected chi connectivity index (χ1v) is 13.3. The number of fused-ring (bicyclic) bond motifs is 2. The molecule has 0 bridgehead atoms. The minimum Gasteiger partial charge on any atom is -0.376 e. The monoisotopic (exact) mass is 596 g/mol. The Morgan fingerprint density at radius 2 is 0.917 bits per heavy atom. The van der Waals surface area contributed by atoms with Gasteiger partial charge >= 0.3 is 0 Å². The summed E-state index contributed by atoms with van der Waals surface area (Å²) in [6, 6.07) is 39.2. The second kappa shape index (κ2) is 8.82. The summed E-state index contributed by atoms with van der Waals surface area (Å²) >= 11 is 7.16. The van der Waals surface area contributed by atoms with Crippen LogP contribution in [0.2, 0.25) is 0 Å². The maximum absolute atomic E-state index is 12.7. The quantitative estimate of drug-likeness (QED) is 0.223. The van der Waals surface area contributed by atoms with Gasteiger partial charge in [-0.2, -0.15) is 0 Å². The first kappa shape index (κ1) is 23.4. The van der Waals surface area contributed by atoms with Gasteiger partial charge in [0, 0.05) is 8.95 Å². The normalized spacial score (nSPS) is 20.4. The van der Waals surface area contributed by atoms with Crippen molar-refractivity contribution in [2.45, 2.75) is 11.2 Å². The van der Waals surface area contributed by atoms with E-state index in [0.29, 0.717) is 22.3 Å². The molecule has 2 N–H and O–H groups in total. The van der Waals surface area contributed by atoms with Crippen molar-refractivity contribution in [1.82, 2.24) is 0 Å². The fourth-order valence-corrected chi connectivity index (χ4v) is 6.22. The molecule has 176 valence electrons. The van der Waals surface area contributed by atoms with Gasteiger partial charge in [0.2, 0.25) is 0 Å². The molecule has 5 aromatic carbocycles.